The Bertz CT molecular complexity index is 1070. The number of nitrogens with one attached hydrogen (secondary N) is 1. The van der Waals surface area contributed by atoms with Gasteiger partial charge >= 0.3 is 0 Å². The van der Waals surface area contributed by atoms with Crippen LogP contribution in [0.3, 0.4) is 0 Å². The molecule has 0 fully saturated rings. The third kappa shape index (κ3) is 4.17. The monoisotopic (exact) mass is 408 g/mol. The Morgan fingerprint density at radius 1 is 1.31 bits per heavy atom. The van der Waals surface area contributed by atoms with Gasteiger partial charge < -0.3 is 5.32 Å². The van der Waals surface area contributed by atoms with E-state index in [1.165, 1.54) is 0 Å². The summed E-state index contributed by atoms with van der Waals surface area (Å²) >= 11 is 6.11. The molecule has 8 heteroatoms. The van der Waals surface area contributed by atoms with Crippen LogP contribution in [0.5, 0.6) is 0 Å². The van der Waals surface area contributed by atoms with Gasteiger partial charge in [0.05, 0.1) is 22.8 Å². The zero-order chi connectivity index (χ0) is 20.4. The van der Waals surface area contributed by atoms with Gasteiger partial charge in [-0.2, -0.15) is 15.5 Å². The smallest absolute Gasteiger partial charge is 0.272 e. The van der Waals surface area contributed by atoms with Crippen LogP contribution >= 0.6 is 11.6 Å². The molecule has 1 atom stereocenters. The maximum absolute atomic E-state index is 12.5. The van der Waals surface area contributed by atoms with Crippen molar-refractivity contribution in [1.29, 1.82) is 5.26 Å². The number of amides is 1. The Hall–Kier alpha value is -3.11. The number of aromatic nitrogens is 4. The van der Waals surface area contributed by atoms with Crippen molar-refractivity contribution in [2.75, 3.05) is 0 Å². The van der Waals surface area contributed by atoms with Crippen molar-refractivity contribution in [3.05, 3.63) is 58.5 Å². The van der Waals surface area contributed by atoms with Crippen LogP contribution < -0.4 is 5.32 Å². The van der Waals surface area contributed by atoms with E-state index in [0.717, 1.165) is 42.8 Å². The molecule has 0 radical (unpaired) electrons. The summed E-state index contributed by atoms with van der Waals surface area (Å²) in [6.07, 6.45) is 5.10. The van der Waals surface area contributed by atoms with Crippen LogP contribution in [0.1, 0.15) is 41.5 Å². The second-order valence-corrected chi connectivity index (χ2v) is 7.71. The molecule has 1 amide bonds. The van der Waals surface area contributed by atoms with Gasteiger partial charge in [0.15, 0.2) is 0 Å². The number of hydrogen-bond donors (Lipinski definition) is 1. The maximum Gasteiger partial charge on any atom is 0.272 e. The zero-order valence-electron chi connectivity index (χ0n) is 16.1. The van der Waals surface area contributed by atoms with E-state index in [4.69, 9.17) is 16.9 Å². The molecule has 0 saturated carbocycles. The number of halogens is 1. The summed E-state index contributed by atoms with van der Waals surface area (Å²) in [6.45, 7) is 3.35. The largest absolute Gasteiger partial charge is 0.346 e. The van der Waals surface area contributed by atoms with Gasteiger partial charge in [-0.05, 0) is 50.5 Å². The molecule has 1 unspecified atom stereocenters. The van der Waals surface area contributed by atoms with Crippen LogP contribution in [0.4, 0.5) is 0 Å². The number of nitriles is 1. The van der Waals surface area contributed by atoms with E-state index in [1.807, 2.05) is 42.1 Å². The van der Waals surface area contributed by atoms with Gasteiger partial charge in [0.25, 0.3) is 5.91 Å². The highest BCUT2D eigenvalue weighted by Crippen LogP contribution is 2.24. The van der Waals surface area contributed by atoms with Gasteiger partial charge in [-0.1, -0.05) is 17.7 Å². The summed E-state index contributed by atoms with van der Waals surface area (Å²) in [6, 6.07) is 11.0. The third-order valence-electron chi connectivity index (χ3n) is 5.01. The van der Waals surface area contributed by atoms with Crippen molar-refractivity contribution >= 4 is 17.5 Å². The summed E-state index contributed by atoms with van der Waals surface area (Å²) in [5.74, 6) is -0.161. The summed E-state index contributed by atoms with van der Waals surface area (Å²) in [5.41, 5.74) is 3.64. The molecule has 2 aromatic heterocycles. The highest BCUT2D eigenvalue weighted by atomic mass is 35.5. The van der Waals surface area contributed by atoms with E-state index in [2.05, 4.69) is 15.5 Å². The normalized spacial score (nSPS) is 14.1. The lowest BCUT2D eigenvalue weighted by atomic mass is 10.1. The van der Waals surface area contributed by atoms with E-state index in [0.29, 0.717) is 22.8 Å². The number of benzene rings is 1. The highest BCUT2D eigenvalue weighted by molar-refractivity contribution is 6.32. The number of carbonyl (C=O) groups excluding carboxylic acids is 1. The van der Waals surface area contributed by atoms with Crippen molar-refractivity contribution in [3.8, 4) is 17.3 Å². The van der Waals surface area contributed by atoms with E-state index < -0.39 is 0 Å². The van der Waals surface area contributed by atoms with Gasteiger partial charge in [-0.3, -0.25) is 14.2 Å². The molecule has 0 spiro atoms. The Balaban J connectivity index is 1.39. The SMILES string of the molecule is CC(Cn1ccc(-c2ccc(C#N)c(Cl)c2)n1)NC(=O)c1cc2n(n1)CCCC2. The van der Waals surface area contributed by atoms with E-state index in [1.54, 1.807) is 16.8 Å². The van der Waals surface area contributed by atoms with Crippen LogP contribution in [-0.4, -0.2) is 31.5 Å². The van der Waals surface area contributed by atoms with Gasteiger partial charge in [0.2, 0.25) is 0 Å². The third-order valence-corrected chi connectivity index (χ3v) is 5.33. The van der Waals surface area contributed by atoms with Crippen LogP contribution in [0.15, 0.2) is 36.5 Å². The first-order valence-electron chi connectivity index (χ1n) is 9.64. The number of rotatable bonds is 5. The van der Waals surface area contributed by atoms with Crippen LogP contribution in [0, 0.1) is 11.3 Å². The molecule has 3 aromatic rings. The number of carbonyl (C=O) groups is 1. The van der Waals surface area contributed by atoms with Crippen molar-refractivity contribution in [3.63, 3.8) is 0 Å². The van der Waals surface area contributed by atoms with E-state index in [9.17, 15) is 4.79 Å². The lowest BCUT2D eigenvalue weighted by molar-refractivity contribution is 0.0930. The van der Waals surface area contributed by atoms with Crippen molar-refractivity contribution in [1.82, 2.24) is 24.9 Å². The summed E-state index contributed by atoms with van der Waals surface area (Å²) in [7, 11) is 0. The van der Waals surface area contributed by atoms with E-state index in [-0.39, 0.29) is 11.9 Å². The van der Waals surface area contributed by atoms with Crippen molar-refractivity contribution in [2.24, 2.45) is 0 Å². The molecule has 1 aliphatic heterocycles. The van der Waals surface area contributed by atoms with Crippen molar-refractivity contribution < 1.29 is 4.79 Å². The van der Waals surface area contributed by atoms with E-state index >= 15 is 0 Å². The fourth-order valence-corrected chi connectivity index (χ4v) is 3.76. The predicted octanol–water partition coefficient (Wildman–Crippen LogP) is 3.43. The molecule has 4 rings (SSSR count). The number of fused-ring (bicyclic) bond motifs is 1. The zero-order valence-corrected chi connectivity index (χ0v) is 16.9. The summed E-state index contributed by atoms with van der Waals surface area (Å²) in [5, 5.41) is 21.4. The van der Waals surface area contributed by atoms with Gasteiger partial charge in [-0.25, -0.2) is 0 Å². The number of hydrogen-bond acceptors (Lipinski definition) is 4. The van der Waals surface area contributed by atoms with Crippen LogP contribution in [0.2, 0.25) is 5.02 Å². The average Bonchev–Trinajstić information content (AvgIpc) is 3.34. The standard InChI is InChI=1S/C21H21ClN6O/c1-14(24-21(29)20-11-17-4-2-3-8-28(17)26-20)13-27-9-7-19(25-27)15-5-6-16(12-23)18(22)10-15/h5-7,9-11,14H,2-4,8,13H2,1H3,(H,24,29). The summed E-state index contributed by atoms with van der Waals surface area (Å²) < 4.78 is 3.72. The molecular formula is C21H21ClN6O. The lowest BCUT2D eigenvalue weighted by Gasteiger charge is -2.13. The van der Waals surface area contributed by atoms with Crippen LogP contribution in [0.25, 0.3) is 11.3 Å². The van der Waals surface area contributed by atoms with Gasteiger partial charge in [0, 0.05) is 30.0 Å². The molecule has 29 heavy (non-hydrogen) atoms. The molecule has 1 aromatic carbocycles. The Labute approximate surface area is 173 Å². The van der Waals surface area contributed by atoms with Gasteiger partial charge in [0.1, 0.15) is 11.8 Å². The molecule has 1 N–H and O–H groups in total. The van der Waals surface area contributed by atoms with Gasteiger partial charge in [-0.15, -0.1) is 0 Å². The Morgan fingerprint density at radius 3 is 2.93 bits per heavy atom. The molecule has 0 aliphatic carbocycles. The second-order valence-electron chi connectivity index (χ2n) is 7.31. The molecule has 7 nitrogen and oxygen atoms in total. The Kier molecular flexibility index (Phi) is 5.36. The lowest BCUT2D eigenvalue weighted by Crippen LogP contribution is -2.36. The maximum atomic E-state index is 12.5. The number of aryl methyl sites for hydroxylation is 2. The molecule has 1 aliphatic rings. The fourth-order valence-electron chi connectivity index (χ4n) is 3.54. The minimum absolute atomic E-state index is 0.112. The minimum Gasteiger partial charge on any atom is -0.346 e. The topological polar surface area (TPSA) is 88.5 Å². The molecule has 0 bridgehead atoms. The molecule has 3 heterocycles. The quantitative estimate of drug-likeness (QED) is 0.700. The summed E-state index contributed by atoms with van der Waals surface area (Å²) in [4.78, 5) is 12.5. The first kappa shape index (κ1) is 19.2. The molecular weight excluding hydrogens is 388 g/mol. The van der Waals surface area contributed by atoms with Crippen molar-refractivity contribution in [2.45, 2.75) is 45.3 Å². The average molecular weight is 409 g/mol. The van der Waals surface area contributed by atoms with Crippen LogP contribution in [-0.2, 0) is 19.5 Å². The molecule has 0 saturated heterocycles. The number of nitrogens with zero attached hydrogens (tertiary/aromatic N) is 5. The highest BCUT2D eigenvalue weighted by Gasteiger charge is 2.18. The second kappa shape index (κ2) is 8.10. The first-order valence-corrected chi connectivity index (χ1v) is 10.0. The fraction of sp³-hybridized carbons (Fsp3) is 0.333. The predicted molar refractivity (Wildman–Crippen MR) is 109 cm³/mol. The first-order chi connectivity index (χ1) is 14.0. The molecule has 148 valence electrons. The Morgan fingerprint density at radius 2 is 2.17 bits per heavy atom. The minimum atomic E-state index is -0.161.